The van der Waals surface area contributed by atoms with Crippen LogP contribution in [0.1, 0.15) is 113 Å². The number of carbonyl (C=O) groups is 2. The van der Waals surface area contributed by atoms with E-state index >= 15 is 0 Å². The Balaban J connectivity index is 1.52. The molecule has 1 heterocycles. The Morgan fingerprint density at radius 3 is 2.22 bits per heavy atom. The van der Waals surface area contributed by atoms with Crippen LogP contribution in [-0.2, 0) is 19.1 Å². The van der Waals surface area contributed by atoms with E-state index in [1.807, 2.05) is 0 Å². The van der Waals surface area contributed by atoms with E-state index in [9.17, 15) is 14.7 Å². The molecule has 10 atom stereocenters. The SMILES string of the molecule is CC(=O)O[C@@H]1CC[C@@]2(C)[C@H](CC[C@]3(C)[C@@H]2CC[C@@H]2[C@@H](C=C(C)C)[C@@]4(CC[C@]23C)C[C@H](O)OC4=O)C1(C)C. The molecular weight excluding hydrogens is 464 g/mol. The molecule has 0 bridgehead atoms. The van der Waals surface area contributed by atoms with Crippen LogP contribution in [0, 0.1) is 50.7 Å². The van der Waals surface area contributed by atoms with Crippen LogP contribution in [0.4, 0.5) is 0 Å². The molecule has 5 fully saturated rings. The molecule has 5 heteroatoms. The van der Waals surface area contributed by atoms with Gasteiger partial charge in [0.2, 0.25) is 6.29 Å². The number of esters is 2. The van der Waals surface area contributed by atoms with E-state index in [0.29, 0.717) is 24.2 Å². The Morgan fingerprint density at radius 1 is 0.919 bits per heavy atom. The molecule has 37 heavy (non-hydrogen) atoms. The van der Waals surface area contributed by atoms with Crippen molar-refractivity contribution in [3.63, 3.8) is 0 Å². The number of aliphatic hydroxyl groups is 1. The maximum atomic E-state index is 13.3. The summed E-state index contributed by atoms with van der Waals surface area (Å²) in [6, 6.07) is 0. The van der Waals surface area contributed by atoms with Crippen LogP contribution in [0.25, 0.3) is 0 Å². The summed E-state index contributed by atoms with van der Waals surface area (Å²) in [5.74, 6) is 1.31. The van der Waals surface area contributed by atoms with Crippen molar-refractivity contribution in [2.75, 3.05) is 0 Å². The molecule has 1 spiro atoms. The van der Waals surface area contributed by atoms with Crippen molar-refractivity contribution >= 4 is 11.9 Å². The van der Waals surface area contributed by atoms with Crippen molar-refractivity contribution in [1.29, 1.82) is 0 Å². The second-order valence-electron chi connectivity index (χ2n) is 15.1. The summed E-state index contributed by atoms with van der Waals surface area (Å²) in [6.07, 6.45) is 10.3. The minimum absolute atomic E-state index is 0.00394. The normalized spacial score (nSPS) is 50.4. The van der Waals surface area contributed by atoms with Gasteiger partial charge in [0.15, 0.2) is 0 Å². The molecule has 5 nitrogen and oxygen atoms in total. The van der Waals surface area contributed by atoms with E-state index in [0.717, 1.165) is 38.5 Å². The first-order chi connectivity index (χ1) is 17.1. The van der Waals surface area contributed by atoms with E-state index in [2.05, 4.69) is 54.5 Å². The van der Waals surface area contributed by atoms with Crippen molar-refractivity contribution in [2.45, 2.75) is 126 Å². The van der Waals surface area contributed by atoms with Crippen LogP contribution in [0.3, 0.4) is 0 Å². The highest BCUT2D eigenvalue weighted by Crippen LogP contribution is 2.76. The Hall–Kier alpha value is -1.36. The van der Waals surface area contributed by atoms with Crippen molar-refractivity contribution < 1.29 is 24.2 Å². The van der Waals surface area contributed by atoms with Crippen LogP contribution in [-0.4, -0.2) is 29.4 Å². The highest BCUT2D eigenvalue weighted by molar-refractivity contribution is 5.80. The minimum atomic E-state index is -0.971. The second-order valence-corrected chi connectivity index (χ2v) is 15.1. The van der Waals surface area contributed by atoms with Gasteiger partial charge in [-0.1, -0.05) is 46.3 Å². The average Bonchev–Trinajstić information content (AvgIpc) is 3.06. The van der Waals surface area contributed by atoms with Gasteiger partial charge in [0.1, 0.15) is 6.10 Å². The summed E-state index contributed by atoms with van der Waals surface area (Å²) in [7, 11) is 0. The second kappa shape index (κ2) is 8.57. The monoisotopic (exact) mass is 514 g/mol. The number of aliphatic hydroxyl groups excluding tert-OH is 1. The summed E-state index contributed by atoms with van der Waals surface area (Å²) in [5, 5.41) is 10.4. The number of ether oxygens (including phenoxy) is 2. The van der Waals surface area contributed by atoms with Gasteiger partial charge < -0.3 is 14.6 Å². The quantitative estimate of drug-likeness (QED) is 0.323. The van der Waals surface area contributed by atoms with Gasteiger partial charge in [0.05, 0.1) is 5.41 Å². The molecular formula is C32H50O5. The number of hydrogen-bond donors (Lipinski definition) is 1. The van der Waals surface area contributed by atoms with Gasteiger partial charge in [0.25, 0.3) is 0 Å². The molecule has 0 radical (unpaired) electrons. The van der Waals surface area contributed by atoms with Gasteiger partial charge in [-0.3, -0.25) is 9.59 Å². The maximum Gasteiger partial charge on any atom is 0.315 e. The van der Waals surface area contributed by atoms with E-state index < -0.39 is 11.7 Å². The molecule has 1 N–H and O–H groups in total. The summed E-state index contributed by atoms with van der Waals surface area (Å²) < 4.78 is 11.3. The molecule has 5 rings (SSSR count). The van der Waals surface area contributed by atoms with E-state index in [-0.39, 0.29) is 45.6 Å². The third-order valence-corrected chi connectivity index (χ3v) is 13.0. The minimum Gasteiger partial charge on any atom is -0.462 e. The standard InChI is InChI=1S/C32H50O5/c1-19(2)17-22-21-9-10-24-29(6)13-12-25(36-20(3)33)28(4,5)23(29)11-14-31(24,8)30(21,7)15-16-32(22)18-26(34)37-27(32)35/h17,21-26,34H,9-16,18H2,1-8H3/t21-,22-,23-,24-,25-,26-,29+,30-,31-,32-/m1/s1. The summed E-state index contributed by atoms with van der Waals surface area (Å²) in [6.45, 7) is 18.2. The fourth-order valence-electron chi connectivity index (χ4n) is 11.2. The Labute approximate surface area is 224 Å². The number of hydrogen-bond acceptors (Lipinski definition) is 5. The highest BCUT2D eigenvalue weighted by atomic mass is 16.6. The third-order valence-electron chi connectivity index (χ3n) is 13.0. The Kier molecular flexibility index (Phi) is 6.30. The zero-order chi connectivity index (χ0) is 27.2. The highest BCUT2D eigenvalue weighted by Gasteiger charge is 2.71. The van der Waals surface area contributed by atoms with Gasteiger partial charge in [0, 0.05) is 18.8 Å². The number of allylic oxidation sites excluding steroid dienone is 2. The number of cyclic esters (lactones) is 1. The lowest BCUT2D eigenvalue weighted by molar-refractivity contribution is -0.246. The van der Waals surface area contributed by atoms with Crippen molar-refractivity contribution in [3.05, 3.63) is 11.6 Å². The van der Waals surface area contributed by atoms with Crippen LogP contribution in [0.15, 0.2) is 11.6 Å². The number of carbonyl (C=O) groups excluding carboxylic acids is 2. The molecule has 1 aliphatic heterocycles. The maximum absolute atomic E-state index is 13.3. The molecule has 0 unspecified atom stereocenters. The molecule has 0 aromatic heterocycles. The van der Waals surface area contributed by atoms with Crippen LogP contribution < -0.4 is 0 Å². The topological polar surface area (TPSA) is 72.8 Å². The lowest BCUT2D eigenvalue weighted by atomic mass is 9.32. The van der Waals surface area contributed by atoms with Crippen LogP contribution in [0.5, 0.6) is 0 Å². The molecule has 4 aliphatic carbocycles. The zero-order valence-corrected chi connectivity index (χ0v) is 24.5. The fourth-order valence-corrected chi connectivity index (χ4v) is 11.2. The molecule has 5 aliphatic rings. The lowest BCUT2D eigenvalue weighted by Crippen LogP contribution is -2.67. The van der Waals surface area contributed by atoms with Crippen molar-refractivity contribution in [3.8, 4) is 0 Å². The summed E-state index contributed by atoms with van der Waals surface area (Å²) in [5.41, 5.74) is 1.14. The number of fused-ring (bicyclic) bond motifs is 5. The third kappa shape index (κ3) is 3.64. The largest absolute Gasteiger partial charge is 0.462 e. The number of rotatable bonds is 2. The van der Waals surface area contributed by atoms with Gasteiger partial charge >= 0.3 is 11.9 Å². The zero-order valence-electron chi connectivity index (χ0n) is 24.5. The Bertz CT molecular complexity index is 995. The van der Waals surface area contributed by atoms with Gasteiger partial charge in [-0.25, -0.2) is 0 Å². The summed E-state index contributed by atoms with van der Waals surface area (Å²) >= 11 is 0. The lowest BCUT2D eigenvalue weighted by Gasteiger charge is -2.72. The average molecular weight is 515 g/mol. The molecule has 1 saturated heterocycles. The van der Waals surface area contributed by atoms with E-state index in [4.69, 9.17) is 9.47 Å². The van der Waals surface area contributed by atoms with E-state index in [1.54, 1.807) is 6.92 Å². The summed E-state index contributed by atoms with van der Waals surface area (Å²) in [4.78, 5) is 25.2. The molecule has 0 amide bonds. The molecule has 208 valence electrons. The fraction of sp³-hybridized carbons (Fsp3) is 0.875. The molecule has 4 saturated carbocycles. The predicted octanol–water partition coefficient (Wildman–Crippen LogP) is 6.82. The van der Waals surface area contributed by atoms with Crippen molar-refractivity contribution in [2.24, 2.45) is 50.7 Å². The first-order valence-corrected chi connectivity index (χ1v) is 14.8. The van der Waals surface area contributed by atoms with Gasteiger partial charge in [-0.2, -0.15) is 0 Å². The van der Waals surface area contributed by atoms with Crippen molar-refractivity contribution in [1.82, 2.24) is 0 Å². The van der Waals surface area contributed by atoms with Gasteiger partial charge in [-0.05, 0) is 105 Å². The van der Waals surface area contributed by atoms with Gasteiger partial charge in [-0.15, -0.1) is 0 Å². The molecule has 0 aromatic carbocycles. The molecule has 0 aromatic rings. The Morgan fingerprint density at radius 2 is 1.62 bits per heavy atom. The smallest absolute Gasteiger partial charge is 0.315 e. The first kappa shape index (κ1) is 27.2. The first-order valence-electron chi connectivity index (χ1n) is 14.8. The van der Waals surface area contributed by atoms with Crippen LogP contribution in [0.2, 0.25) is 0 Å². The predicted molar refractivity (Wildman–Crippen MR) is 143 cm³/mol. The van der Waals surface area contributed by atoms with E-state index in [1.165, 1.54) is 18.4 Å². The van der Waals surface area contributed by atoms with Crippen LogP contribution >= 0.6 is 0 Å².